The predicted octanol–water partition coefficient (Wildman–Crippen LogP) is 6.50. The van der Waals surface area contributed by atoms with E-state index in [1.165, 1.54) is 87.3 Å². The number of halogens is 7. The number of anilines is 2. The van der Waals surface area contributed by atoms with Crippen molar-refractivity contribution in [1.29, 1.82) is 0 Å². The van der Waals surface area contributed by atoms with Crippen LogP contribution in [-0.4, -0.2) is 56.2 Å². The smallest absolute Gasteiger partial charge is 0.422 e. The molecule has 4 rings (SSSR count). The normalized spacial score (nSPS) is 11.5. The lowest BCUT2D eigenvalue weighted by atomic mass is 10.3. The van der Waals surface area contributed by atoms with Crippen molar-refractivity contribution < 1.29 is 35.8 Å². The van der Waals surface area contributed by atoms with E-state index >= 15 is 0 Å². The first-order valence-corrected chi connectivity index (χ1v) is 16.1. The first-order valence-electron chi connectivity index (χ1n) is 13.4. The monoisotopic (exact) mass is 768 g/mol. The second-order valence-corrected chi connectivity index (χ2v) is 12.3. The highest BCUT2D eigenvalue weighted by Gasteiger charge is 2.29. The zero-order chi connectivity index (χ0) is 34.9. The summed E-state index contributed by atoms with van der Waals surface area (Å²) in [4.78, 5) is 32.8. The number of benzene rings is 2. The van der Waals surface area contributed by atoms with Crippen LogP contribution in [-0.2, 0) is 0 Å². The summed E-state index contributed by atoms with van der Waals surface area (Å²) >= 11 is 5.75. The summed E-state index contributed by atoms with van der Waals surface area (Å²) in [5.74, 6) is 1.66. The van der Waals surface area contributed by atoms with Gasteiger partial charge in [-0.25, -0.2) is 9.97 Å². The molecule has 2 aromatic carbocycles. The minimum absolute atomic E-state index is 0.0521. The lowest BCUT2D eigenvalue weighted by Crippen LogP contribution is -2.23. The standard InChI is InChI=1S/C14H13BrF3N3O2S.C14H14F3N3O2S/c1-2-24-13-20-11(19)10(15)12(22)21(13)8-3-5-9(6-4-8)23-7-14(16,17)18;1-2-23-13-19-11(18)7-12(21)20(13)9-3-5-10(6-4-9)22-8-14(15,16)17/h3-6H,2,7,19H2,1H3;3-7H,2,8,18H2,1H3. The van der Waals surface area contributed by atoms with Crippen molar-refractivity contribution in [3.8, 4) is 22.9 Å². The van der Waals surface area contributed by atoms with Gasteiger partial charge >= 0.3 is 12.4 Å². The van der Waals surface area contributed by atoms with Gasteiger partial charge in [-0.15, -0.1) is 0 Å². The van der Waals surface area contributed by atoms with Crippen LogP contribution >= 0.6 is 39.5 Å². The van der Waals surface area contributed by atoms with E-state index in [2.05, 4.69) is 35.4 Å². The van der Waals surface area contributed by atoms with Gasteiger partial charge in [-0.05, 0) is 76.0 Å². The number of nitrogens with two attached hydrogens (primary N) is 2. The van der Waals surface area contributed by atoms with Crippen molar-refractivity contribution >= 4 is 51.1 Å². The lowest BCUT2D eigenvalue weighted by Gasteiger charge is -2.14. The van der Waals surface area contributed by atoms with Crippen LogP contribution in [0.1, 0.15) is 13.8 Å². The topological polar surface area (TPSA) is 140 Å². The number of hydrogen-bond donors (Lipinski definition) is 2. The largest absolute Gasteiger partial charge is 0.484 e. The average molecular weight is 770 g/mol. The molecule has 0 aliphatic heterocycles. The molecule has 0 spiro atoms. The number of rotatable bonds is 10. The molecule has 0 aliphatic carbocycles. The Morgan fingerprint density at radius 1 is 0.745 bits per heavy atom. The maximum Gasteiger partial charge on any atom is 0.422 e. The minimum atomic E-state index is -4.41. The van der Waals surface area contributed by atoms with Gasteiger partial charge in [-0.3, -0.25) is 18.7 Å². The average Bonchev–Trinajstić information content (AvgIpc) is 2.99. The number of hydrogen-bond acceptors (Lipinski definition) is 10. The van der Waals surface area contributed by atoms with Crippen LogP contribution in [0, 0.1) is 0 Å². The van der Waals surface area contributed by atoms with Crippen LogP contribution in [0.5, 0.6) is 11.5 Å². The fourth-order valence-corrected chi connectivity index (χ4v) is 5.36. The van der Waals surface area contributed by atoms with Crippen LogP contribution in [0.15, 0.2) is 79.0 Å². The van der Waals surface area contributed by atoms with Gasteiger partial charge in [0, 0.05) is 6.07 Å². The van der Waals surface area contributed by atoms with Crippen LogP contribution < -0.4 is 32.1 Å². The summed E-state index contributed by atoms with van der Waals surface area (Å²) in [5, 5.41) is 0.814. The van der Waals surface area contributed by atoms with Gasteiger partial charge in [0.25, 0.3) is 11.1 Å². The van der Waals surface area contributed by atoms with Crippen LogP contribution in [0.2, 0.25) is 0 Å². The molecule has 2 heterocycles. The van der Waals surface area contributed by atoms with E-state index in [1.807, 2.05) is 13.8 Å². The van der Waals surface area contributed by atoms with Crippen LogP contribution in [0.25, 0.3) is 11.4 Å². The van der Waals surface area contributed by atoms with E-state index in [0.717, 1.165) is 0 Å². The molecule has 0 saturated heterocycles. The number of nitrogens with zero attached hydrogens (tertiary/aromatic N) is 4. The molecule has 4 aromatic rings. The number of alkyl halides is 6. The number of nitrogen functional groups attached to an aromatic ring is 2. The molecule has 0 fully saturated rings. The number of ether oxygens (including phenoxy) is 2. The van der Waals surface area contributed by atoms with Crippen molar-refractivity contribution in [1.82, 2.24) is 19.1 Å². The van der Waals surface area contributed by atoms with Crippen molar-refractivity contribution in [2.24, 2.45) is 0 Å². The first kappa shape index (κ1) is 37.6. The Morgan fingerprint density at radius 3 is 1.60 bits per heavy atom. The van der Waals surface area contributed by atoms with Gasteiger partial charge in [0.1, 0.15) is 27.6 Å². The van der Waals surface area contributed by atoms with E-state index in [4.69, 9.17) is 11.5 Å². The second kappa shape index (κ2) is 16.3. The quantitative estimate of drug-likeness (QED) is 0.104. The van der Waals surface area contributed by atoms with Crippen LogP contribution in [0.4, 0.5) is 38.0 Å². The second-order valence-electron chi connectivity index (χ2n) is 9.03. The summed E-state index contributed by atoms with van der Waals surface area (Å²) in [6.07, 6.45) is -8.81. The third-order valence-corrected chi connectivity index (χ3v) is 7.86. The molecule has 0 unspecified atom stereocenters. The summed E-state index contributed by atoms with van der Waals surface area (Å²) < 4.78 is 84.9. The molecular weight excluding hydrogens is 742 g/mol. The van der Waals surface area contributed by atoms with Gasteiger partial charge in [0.15, 0.2) is 23.5 Å². The van der Waals surface area contributed by atoms with Crippen molar-refractivity contribution in [2.45, 2.75) is 36.5 Å². The summed E-state index contributed by atoms with van der Waals surface area (Å²) in [6.45, 7) is 1.05. The molecule has 0 bridgehead atoms. The van der Waals surface area contributed by atoms with Gasteiger partial charge in [0.2, 0.25) is 0 Å². The fourth-order valence-electron chi connectivity index (χ4n) is 3.61. The van der Waals surface area contributed by atoms with E-state index < -0.39 is 31.1 Å². The predicted molar refractivity (Wildman–Crippen MR) is 172 cm³/mol. The lowest BCUT2D eigenvalue weighted by molar-refractivity contribution is -0.154. The van der Waals surface area contributed by atoms with Crippen molar-refractivity contribution in [3.05, 3.63) is 79.8 Å². The Bertz CT molecular complexity index is 1770. The molecule has 0 amide bonds. The molecule has 10 nitrogen and oxygen atoms in total. The van der Waals surface area contributed by atoms with Gasteiger partial charge in [-0.1, -0.05) is 37.4 Å². The maximum absolute atomic E-state index is 12.4. The molecule has 254 valence electrons. The Kier molecular flexibility index (Phi) is 13.1. The summed E-state index contributed by atoms with van der Waals surface area (Å²) in [5.41, 5.74) is 11.4. The van der Waals surface area contributed by atoms with Gasteiger partial charge < -0.3 is 20.9 Å². The Morgan fingerprint density at radius 2 is 1.17 bits per heavy atom. The fraction of sp³-hybridized carbons (Fsp3) is 0.286. The molecule has 19 heteroatoms. The Balaban J connectivity index is 0.000000256. The van der Waals surface area contributed by atoms with E-state index in [1.54, 1.807) is 0 Å². The zero-order valence-electron chi connectivity index (χ0n) is 24.6. The molecule has 0 aliphatic rings. The van der Waals surface area contributed by atoms with Gasteiger partial charge in [-0.2, -0.15) is 26.3 Å². The first-order chi connectivity index (χ1) is 22.0. The van der Waals surface area contributed by atoms with E-state index in [9.17, 15) is 35.9 Å². The molecule has 0 radical (unpaired) electrons. The molecule has 47 heavy (non-hydrogen) atoms. The van der Waals surface area contributed by atoms with Crippen molar-refractivity contribution in [3.63, 3.8) is 0 Å². The molecule has 4 N–H and O–H groups in total. The van der Waals surface area contributed by atoms with E-state index in [0.29, 0.717) is 33.2 Å². The SMILES string of the molecule is CCSc1nc(N)c(Br)c(=O)n1-c1ccc(OCC(F)(F)F)cc1.CCSc1nc(N)cc(=O)n1-c1ccc(OCC(F)(F)F)cc1. The highest BCUT2D eigenvalue weighted by atomic mass is 79.9. The minimum Gasteiger partial charge on any atom is -0.484 e. The highest BCUT2D eigenvalue weighted by Crippen LogP contribution is 2.26. The highest BCUT2D eigenvalue weighted by molar-refractivity contribution is 9.10. The van der Waals surface area contributed by atoms with Gasteiger partial charge in [0.05, 0.1) is 11.4 Å². The molecule has 0 saturated carbocycles. The number of aromatic nitrogens is 4. The number of thioether (sulfide) groups is 2. The summed E-state index contributed by atoms with van der Waals surface area (Å²) in [6, 6.07) is 12.6. The summed E-state index contributed by atoms with van der Waals surface area (Å²) in [7, 11) is 0. The molecule has 0 atom stereocenters. The Labute approximate surface area is 280 Å². The zero-order valence-corrected chi connectivity index (χ0v) is 27.8. The third kappa shape index (κ3) is 11.1. The molecule has 2 aromatic heterocycles. The third-order valence-electron chi connectivity index (χ3n) is 5.47. The van der Waals surface area contributed by atoms with Crippen molar-refractivity contribution in [2.75, 3.05) is 36.2 Å². The van der Waals surface area contributed by atoms with E-state index in [-0.39, 0.29) is 33.2 Å². The molecular formula is C28H27BrF6N6O4S2. The van der Waals surface area contributed by atoms with Crippen LogP contribution in [0.3, 0.4) is 0 Å². The Hall–Kier alpha value is -3.84. The maximum atomic E-state index is 12.4.